The van der Waals surface area contributed by atoms with Crippen molar-refractivity contribution in [3.8, 4) is 69.0 Å². The van der Waals surface area contributed by atoms with Crippen LogP contribution in [0.5, 0.6) is 69.0 Å². The van der Waals surface area contributed by atoms with Gasteiger partial charge < -0.3 is 56.8 Å². The molecule has 12 rings (SSSR count). The van der Waals surface area contributed by atoms with Crippen LogP contribution in [0, 0.1) is 0 Å². The van der Waals surface area contributed by atoms with Gasteiger partial charge in [0.15, 0.2) is 0 Å². The maximum Gasteiger partial charge on any atom is 0.119 e. The highest BCUT2D eigenvalue weighted by molar-refractivity contribution is 5.46. The van der Waals surface area contributed by atoms with Gasteiger partial charge in [0.05, 0.1) is 79.3 Å². The number of ether oxygens (including phenoxy) is 12. The van der Waals surface area contributed by atoms with Crippen LogP contribution >= 0.6 is 0 Å². The monoisotopic (exact) mass is 1740 g/mol. The summed E-state index contributed by atoms with van der Waals surface area (Å²) in [5, 5.41) is 0. The Morgan fingerprint density at radius 2 is 0.269 bits per heavy atom. The fraction of sp³-hybridized carbons (Fsp3) is 0.288. The molecule has 0 bridgehead atoms. The van der Waals surface area contributed by atoms with Crippen molar-refractivity contribution in [1.82, 2.24) is 0 Å². The number of hydrogen-bond donors (Lipinski definition) is 0. The topological polar surface area (TPSA) is 111 Å². The van der Waals surface area contributed by atoms with Gasteiger partial charge in [-0.3, -0.25) is 0 Å². The van der Waals surface area contributed by atoms with E-state index in [1.54, 1.807) is 0 Å². The third-order valence-corrected chi connectivity index (χ3v) is 22.1. The van der Waals surface area contributed by atoms with Gasteiger partial charge in [0.1, 0.15) is 69.0 Å². The number of rotatable bonds is 57. The summed E-state index contributed by atoms with van der Waals surface area (Å²) < 4.78 is 70.1. The molecule has 0 heterocycles. The summed E-state index contributed by atoms with van der Waals surface area (Å²) in [7, 11) is 0. The summed E-state index contributed by atoms with van der Waals surface area (Å²) in [6.45, 7) is 39.3. The second-order valence-electron chi connectivity index (χ2n) is 33.0. The van der Waals surface area contributed by atoms with Crippen molar-refractivity contribution >= 4 is 0 Å². The summed E-state index contributed by atoms with van der Waals surface area (Å²) in [4.78, 5) is 0. The van der Waals surface area contributed by atoms with Gasteiger partial charge >= 0.3 is 0 Å². The van der Waals surface area contributed by atoms with Crippen molar-refractivity contribution in [2.24, 2.45) is 0 Å². The van der Waals surface area contributed by atoms with Crippen LogP contribution in [0.15, 0.2) is 367 Å². The smallest absolute Gasteiger partial charge is 0.119 e. The van der Waals surface area contributed by atoms with Gasteiger partial charge in [-0.05, 0) is 315 Å². The average Bonchev–Trinajstić information content (AvgIpc) is 0.809. The number of hydrogen-bond acceptors (Lipinski definition) is 12. The molecule has 0 aromatic heterocycles. The van der Waals surface area contributed by atoms with Crippen LogP contribution in [-0.4, -0.2) is 79.3 Å². The largest absolute Gasteiger partial charge is 0.494 e. The predicted molar refractivity (Wildman–Crippen MR) is 535 cm³/mol. The van der Waals surface area contributed by atoms with Gasteiger partial charge in [0.2, 0.25) is 0 Å². The third kappa shape index (κ3) is 35.7. The molecule has 0 aliphatic carbocycles. The van der Waals surface area contributed by atoms with Gasteiger partial charge in [0.25, 0.3) is 0 Å². The SMILES string of the molecule is C=CCCOc1ccc(C(C)(C)c2ccc(OCCCCOc3ccc(C(C)(C)c4ccc(OCCC=C)cc4)cc3)cc2)cc1.C=CCCOc1ccc(Cc2ccc(OCCCCOc3ccc(Cc4ccc(OCCC=C)cc4)cc3)cc2)cc1.C=CCCOc1ccc(Cc2ccc(OCCCCOc3ccc(Cc4ccc(OCCC=C)cc4)cc3)cc2)cc1. The van der Waals surface area contributed by atoms with Gasteiger partial charge in [-0.2, -0.15) is 0 Å². The van der Waals surface area contributed by atoms with E-state index in [0.29, 0.717) is 79.3 Å². The molecule has 130 heavy (non-hydrogen) atoms. The van der Waals surface area contributed by atoms with Crippen molar-refractivity contribution in [3.63, 3.8) is 0 Å². The van der Waals surface area contributed by atoms with Crippen LogP contribution in [0.4, 0.5) is 0 Å². The first-order valence-corrected chi connectivity index (χ1v) is 46.0. The Bertz CT molecular complexity index is 4630. The van der Waals surface area contributed by atoms with Crippen LogP contribution in [0.3, 0.4) is 0 Å². The summed E-state index contributed by atoms with van der Waals surface area (Å²) in [5.74, 6) is 10.7. The second kappa shape index (κ2) is 56.1. The van der Waals surface area contributed by atoms with E-state index in [1.807, 2.05) is 158 Å². The van der Waals surface area contributed by atoms with Crippen molar-refractivity contribution in [2.75, 3.05) is 79.3 Å². The van der Waals surface area contributed by atoms with Crippen molar-refractivity contribution in [2.45, 2.75) is 141 Å². The van der Waals surface area contributed by atoms with Crippen LogP contribution < -0.4 is 56.8 Å². The fourth-order valence-electron chi connectivity index (χ4n) is 14.1. The summed E-state index contributed by atoms with van der Waals surface area (Å²) in [6.07, 6.45) is 25.4. The predicted octanol–water partition coefficient (Wildman–Crippen LogP) is 28.5. The molecule has 0 aliphatic rings. The molecule has 0 N–H and O–H groups in total. The Labute approximate surface area is 775 Å². The Morgan fingerprint density at radius 1 is 0.162 bits per heavy atom. The summed E-state index contributed by atoms with van der Waals surface area (Å²) in [6, 6.07) is 100. The van der Waals surface area contributed by atoms with Crippen LogP contribution in [0.25, 0.3) is 0 Å². The zero-order valence-corrected chi connectivity index (χ0v) is 77.1. The zero-order chi connectivity index (χ0) is 91.3. The molecule has 0 saturated heterocycles. The molecule has 0 spiro atoms. The molecule has 0 radical (unpaired) electrons. The van der Waals surface area contributed by atoms with E-state index in [9.17, 15) is 0 Å². The molecule has 0 saturated carbocycles. The first-order chi connectivity index (χ1) is 63.7. The minimum atomic E-state index is -0.129. The van der Waals surface area contributed by atoms with E-state index in [1.165, 1.54) is 66.8 Å². The number of unbranched alkanes of at least 4 members (excludes halogenated alkanes) is 3. The first kappa shape index (κ1) is 98.9. The average molecular weight is 1740 g/mol. The van der Waals surface area contributed by atoms with Crippen molar-refractivity contribution in [3.05, 3.63) is 434 Å². The van der Waals surface area contributed by atoms with Crippen molar-refractivity contribution in [1.29, 1.82) is 0 Å². The summed E-state index contributed by atoms with van der Waals surface area (Å²) in [5.41, 5.74) is 14.7. The molecule has 0 unspecified atom stereocenters. The Hall–Kier alpha value is -13.3. The molecule has 678 valence electrons. The van der Waals surface area contributed by atoms with E-state index in [2.05, 4.69) is 237 Å². The molecule has 0 fully saturated rings. The fourth-order valence-corrected chi connectivity index (χ4v) is 14.1. The van der Waals surface area contributed by atoms with E-state index in [4.69, 9.17) is 56.8 Å². The Kier molecular flexibility index (Phi) is 42.7. The van der Waals surface area contributed by atoms with E-state index in [0.717, 1.165) is 172 Å². The third-order valence-electron chi connectivity index (χ3n) is 22.1. The minimum Gasteiger partial charge on any atom is -0.494 e. The van der Waals surface area contributed by atoms with Crippen LogP contribution in [0.1, 0.15) is 172 Å². The highest BCUT2D eigenvalue weighted by Gasteiger charge is 2.25. The van der Waals surface area contributed by atoms with Crippen LogP contribution in [-0.2, 0) is 36.5 Å². The summed E-state index contributed by atoms with van der Waals surface area (Å²) >= 11 is 0. The normalized spacial score (nSPS) is 10.9. The lowest BCUT2D eigenvalue weighted by molar-refractivity contribution is 0.266. The van der Waals surface area contributed by atoms with E-state index < -0.39 is 0 Å². The van der Waals surface area contributed by atoms with Gasteiger partial charge in [-0.15, -0.1) is 39.5 Å². The molecule has 12 nitrogen and oxygen atoms in total. The second-order valence-corrected chi connectivity index (χ2v) is 33.0. The Balaban J connectivity index is 0.000000203. The number of benzene rings is 12. The highest BCUT2D eigenvalue weighted by atomic mass is 16.5. The maximum atomic E-state index is 6.03. The molecule has 0 amide bonds. The molecular formula is C118H134O12. The molecule has 0 atom stereocenters. The standard InChI is InChI=1S/C42H50O4.2C38H42O4/c1-7-9-29-43-37-21-13-33(14-22-37)41(3,4)35-17-25-39(26-18-35)45-31-11-12-32-46-40-27-19-36(20-28-40)42(5,6)34-15-23-38(24-16-34)44-30-10-8-2;2*1-3-5-25-39-35-17-9-31(10-18-35)29-33-13-21-37(22-14-33)41-27-7-8-28-42-38-23-15-34(16-24-38)30-32-11-19-36(20-12-32)40-26-6-4-2/h7-8,13-28H,1-2,9-12,29-32H2,3-6H3;2*3-4,9-24H,1-2,5-8,25-30H2. The Morgan fingerprint density at radius 3 is 0.385 bits per heavy atom. The lowest BCUT2D eigenvalue weighted by Gasteiger charge is -2.26. The lowest BCUT2D eigenvalue weighted by Crippen LogP contribution is -2.18. The van der Waals surface area contributed by atoms with Crippen molar-refractivity contribution < 1.29 is 56.8 Å². The van der Waals surface area contributed by atoms with Gasteiger partial charge in [-0.25, -0.2) is 0 Å². The van der Waals surface area contributed by atoms with E-state index >= 15 is 0 Å². The molecular weight excluding hydrogens is 1610 g/mol. The van der Waals surface area contributed by atoms with E-state index in [-0.39, 0.29) is 10.8 Å². The lowest BCUT2D eigenvalue weighted by atomic mass is 9.78. The van der Waals surface area contributed by atoms with Gasteiger partial charge in [-0.1, -0.05) is 210 Å². The molecule has 12 heteroatoms. The highest BCUT2D eigenvalue weighted by Crippen LogP contribution is 2.36. The molecule has 12 aromatic rings. The zero-order valence-electron chi connectivity index (χ0n) is 77.1. The minimum absolute atomic E-state index is 0.129. The quantitative estimate of drug-likeness (QED) is 0.0267. The molecule has 0 aliphatic heterocycles. The maximum absolute atomic E-state index is 6.03. The first-order valence-electron chi connectivity index (χ1n) is 46.0. The molecule has 12 aromatic carbocycles. The van der Waals surface area contributed by atoms with Crippen LogP contribution in [0.2, 0.25) is 0 Å². The van der Waals surface area contributed by atoms with Gasteiger partial charge in [0, 0.05) is 10.8 Å².